The van der Waals surface area contributed by atoms with Gasteiger partial charge in [0.15, 0.2) is 0 Å². The SMILES string of the molecule is [N-]=[N+]=C(N)C(=O)[C@H](CCCCC(=O)OCc1ccccc1)C(=O)OCc1ccccc1. The van der Waals surface area contributed by atoms with Crippen LogP contribution >= 0.6 is 0 Å². The topological polar surface area (TPSA) is 132 Å². The lowest BCUT2D eigenvalue weighted by Crippen LogP contribution is -2.36. The Labute approximate surface area is 180 Å². The summed E-state index contributed by atoms with van der Waals surface area (Å²) in [5, 5.41) is 0. The van der Waals surface area contributed by atoms with E-state index in [0.29, 0.717) is 12.8 Å². The van der Waals surface area contributed by atoms with Crippen LogP contribution < -0.4 is 5.73 Å². The Kier molecular flexibility index (Phi) is 9.65. The second-order valence-corrected chi connectivity index (χ2v) is 6.89. The molecule has 0 spiro atoms. The first-order chi connectivity index (χ1) is 15.0. The normalized spacial score (nSPS) is 11.1. The predicted octanol–water partition coefficient (Wildman–Crippen LogP) is 2.81. The number of carbonyl (C=O) groups is 3. The lowest BCUT2D eigenvalue weighted by atomic mass is 9.96. The molecule has 31 heavy (non-hydrogen) atoms. The van der Waals surface area contributed by atoms with Crippen molar-refractivity contribution in [3.05, 3.63) is 77.3 Å². The number of hydrogen-bond donors (Lipinski definition) is 1. The van der Waals surface area contributed by atoms with Crippen molar-refractivity contribution in [2.45, 2.75) is 38.9 Å². The summed E-state index contributed by atoms with van der Waals surface area (Å²) >= 11 is 0. The van der Waals surface area contributed by atoms with Gasteiger partial charge in [0.05, 0.1) is 0 Å². The highest BCUT2D eigenvalue weighted by atomic mass is 16.5. The van der Waals surface area contributed by atoms with Gasteiger partial charge in [-0.05, 0) is 24.0 Å². The molecule has 2 aromatic carbocycles. The van der Waals surface area contributed by atoms with E-state index in [0.717, 1.165) is 11.1 Å². The average molecular weight is 423 g/mol. The summed E-state index contributed by atoms with van der Waals surface area (Å²) in [6.45, 7) is 0.196. The lowest BCUT2D eigenvalue weighted by Gasteiger charge is -2.13. The minimum Gasteiger partial charge on any atom is -0.497 e. The maximum atomic E-state index is 12.4. The van der Waals surface area contributed by atoms with Gasteiger partial charge in [-0.2, -0.15) is 0 Å². The number of amidine groups is 1. The molecule has 0 radical (unpaired) electrons. The molecule has 0 aliphatic heterocycles. The summed E-state index contributed by atoms with van der Waals surface area (Å²) in [5.41, 5.74) is 15.8. The van der Waals surface area contributed by atoms with E-state index in [4.69, 9.17) is 20.7 Å². The number of unbranched alkanes of at least 4 members (excludes halogenated alkanes) is 1. The molecule has 1 atom stereocenters. The number of Topliss-reactive ketones (excluding diaryl/α,β-unsaturated/α-hetero) is 1. The molecule has 0 amide bonds. The van der Waals surface area contributed by atoms with E-state index in [9.17, 15) is 14.4 Å². The van der Waals surface area contributed by atoms with Gasteiger partial charge in [0.1, 0.15) is 19.1 Å². The van der Waals surface area contributed by atoms with Gasteiger partial charge in [-0.1, -0.05) is 67.1 Å². The molecule has 2 aromatic rings. The largest absolute Gasteiger partial charge is 0.497 e. The van der Waals surface area contributed by atoms with Crippen LogP contribution in [-0.2, 0) is 37.1 Å². The highest BCUT2D eigenvalue weighted by Crippen LogP contribution is 2.15. The zero-order valence-electron chi connectivity index (χ0n) is 17.1. The van der Waals surface area contributed by atoms with Gasteiger partial charge in [0.25, 0.3) is 5.78 Å². The van der Waals surface area contributed by atoms with Gasteiger partial charge < -0.3 is 19.8 Å². The maximum Gasteiger partial charge on any atom is 0.395 e. The fourth-order valence-corrected chi connectivity index (χ4v) is 2.84. The Balaban J connectivity index is 1.81. The zero-order chi connectivity index (χ0) is 22.5. The minimum absolute atomic E-state index is 0.00539. The molecule has 8 heteroatoms. The van der Waals surface area contributed by atoms with Crippen LogP contribution in [0.1, 0.15) is 36.8 Å². The van der Waals surface area contributed by atoms with Crippen LogP contribution in [0.2, 0.25) is 0 Å². The number of rotatable bonds is 12. The first-order valence-electron chi connectivity index (χ1n) is 9.93. The molecule has 0 aliphatic carbocycles. The van der Waals surface area contributed by atoms with Crippen LogP contribution in [0.15, 0.2) is 60.7 Å². The summed E-state index contributed by atoms with van der Waals surface area (Å²) in [4.78, 5) is 39.3. The van der Waals surface area contributed by atoms with E-state index in [1.807, 2.05) is 36.4 Å². The van der Waals surface area contributed by atoms with Crippen molar-refractivity contribution >= 4 is 23.6 Å². The standard InChI is InChI=1S/C23H25N3O5/c24-22(26-25)21(28)19(23(29)31-16-18-11-5-2-6-12-18)13-7-8-14-20(27)30-15-17-9-3-1-4-10-17/h1-6,9-12,19H,7-8,13-16,24H2/t19-/m0/s1. The number of nitrogens with zero attached hydrogens (tertiary/aromatic N) is 2. The highest BCUT2D eigenvalue weighted by Gasteiger charge is 2.33. The van der Waals surface area contributed by atoms with E-state index >= 15 is 0 Å². The number of ketones is 1. The molecule has 0 aliphatic rings. The van der Waals surface area contributed by atoms with E-state index in [1.165, 1.54) is 0 Å². The summed E-state index contributed by atoms with van der Waals surface area (Å²) in [6, 6.07) is 18.3. The number of hydrogen-bond acceptors (Lipinski definition) is 5. The Morgan fingerprint density at radius 1 is 0.871 bits per heavy atom. The molecule has 8 nitrogen and oxygen atoms in total. The minimum atomic E-state index is -1.21. The Morgan fingerprint density at radius 2 is 1.42 bits per heavy atom. The van der Waals surface area contributed by atoms with E-state index in [2.05, 4.69) is 4.79 Å². The molecular formula is C23H25N3O5. The summed E-state index contributed by atoms with van der Waals surface area (Å²) in [5.74, 6) is -3.81. The van der Waals surface area contributed by atoms with Gasteiger partial charge in [-0.25, -0.2) is 0 Å². The first-order valence-corrected chi connectivity index (χ1v) is 9.93. The summed E-state index contributed by atoms with van der Waals surface area (Å²) in [6.07, 6.45) is 1.06. The summed E-state index contributed by atoms with van der Waals surface area (Å²) in [7, 11) is 0. The Morgan fingerprint density at radius 3 is 1.97 bits per heavy atom. The molecule has 0 bridgehead atoms. The van der Waals surface area contributed by atoms with Crippen molar-refractivity contribution in [1.82, 2.24) is 0 Å². The third-order valence-electron chi connectivity index (χ3n) is 4.55. The second-order valence-electron chi connectivity index (χ2n) is 6.89. The molecule has 0 aromatic heterocycles. The smallest absolute Gasteiger partial charge is 0.395 e. The highest BCUT2D eigenvalue weighted by molar-refractivity contribution is 6.39. The number of carbonyl (C=O) groups excluding carboxylic acids is 3. The van der Waals surface area contributed by atoms with E-state index in [-0.39, 0.29) is 32.0 Å². The first kappa shape index (κ1) is 23.5. The second kappa shape index (κ2) is 12.7. The number of ether oxygens (including phenoxy) is 2. The zero-order valence-corrected chi connectivity index (χ0v) is 17.1. The molecule has 2 N–H and O–H groups in total. The molecule has 0 saturated heterocycles. The van der Waals surface area contributed by atoms with Gasteiger partial charge >= 0.3 is 17.8 Å². The Hall–Kier alpha value is -3.77. The molecule has 162 valence electrons. The quantitative estimate of drug-likeness (QED) is 0.106. The van der Waals surface area contributed by atoms with Crippen molar-refractivity contribution in [3.8, 4) is 0 Å². The fourth-order valence-electron chi connectivity index (χ4n) is 2.84. The van der Waals surface area contributed by atoms with Crippen molar-refractivity contribution in [2.24, 2.45) is 11.7 Å². The van der Waals surface area contributed by atoms with Crippen LogP contribution in [0.4, 0.5) is 0 Å². The molecule has 0 heterocycles. The summed E-state index contributed by atoms with van der Waals surface area (Å²) < 4.78 is 10.4. The molecule has 0 saturated carbocycles. The lowest BCUT2D eigenvalue weighted by molar-refractivity contribution is -0.153. The molecular weight excluding hydrogens is 398 g/mol. The van der Waals surface area contributed by atoms with Crippen molar-refractivity contribution in [1.29, 1.82) is 0 Å². The maximum absolute atomic E-state index is 12.4. The van der Waals surface area contributed by atoms with Crippen molar-refractivity contribution in [2.75, 3.05) is 0 Å². The van der Waals surface area contributed by atoms with Crippen LogP contribution in [0.25, 0.3) is 5.53 Å². The van der Waals surface area contributed by atoms with Gasteiger partial charge in [0, 0.05) is 6.42 Å². The Bertz CT molecular complexity index is 925. The number of esters is 2. The van der Waals surface area contributed by atoms with Gasteiger partial charge in [-0.15, -0.1) is 0 Å². The third kappa shape index (κ3) is 8.24. The average Bonchev–Trinajstić information content (AvgIpc) is 2.81. The molecule has 0 unspecified atom stereocenters. The van der Waals surface area contributed by atoms with Crippen molar-refractivity contribution in [3.63, 3.8) is 0 Å². The van der Waals surface area contributed by atoms with Crippen LogP contribution in [0.3, 0.4) is 0 Å². The molecule has 2 rings (SSSR count). The van der Waals surface area contributed by atoms with Crippen molar-refractivity contribution < 1.29 is 28.6 Å². The predicted molar refractivity (Wildman–Crippen MR) is 112 cm³/mol. The molecule has 0 fully saturated rings. The van der Waals surface area contributed by atoms with Gasteiger partial charge in [-0.3, -0.25) is 20.1 Å². The number of benzene rings is 2. The van der Waals surface area contributed by atoms with Crippen LogP contribution in [0, 0.1) is 5.92 Å². The van der Waals surface area contributed by atoms with E-state index in [1.54, 1.807) is 24.3 Å². The third-order valence-corrected chi connectivity index (χ3v) is 4.55. The van der Waals surface area contributed by atoms with E-state index < -0.39 is 23.5 Å². The monoisotopic (exact) mass is 423 g/mol. The van der Waals surface area contributed by atoms with Crippen LogP contribution in [-0.4, -0.2) is 28.3 Å². The van der Waals surface area contributed by atoms with Gasteiger partial charge in [0.2, 0.25) is 0 Å². The number of nitrogens with two attached hydrogens (primary N) is 1. The van der Waals surface area contributed by atoms with Crippen LogP contribution in [0.5, 0.6) is 0 Å². The fraction of sp³-hybridized carbons (Fsp3) is 0.304.